The van der Waals surface area contributed by atoms with Crippen LogP contribution in [0.25, 0.3) is 0 Å². The molecule has 0 unspecified atom stereocenters. The predicted molar refractivity (Wildman–Crippen MR) is 77.8 cm³/mol. The van der Waals surface area contributed by atoms with Gasteiger partial charge in [-0.3, -0.25) is 4.98 Å². The molecule has 0 radical (unpaired) electrons. The summed E-state index contributed by atoms with van der Waals surface area (Å²) >= 11 is 0. The molecule has 3 nitrogen and oxygen atoms in total. The highest BCUT2D eigenvalue weighted by molar-refractivity contribution is 5.03. The first kappa shape index (κ1) is 15.1. The zero-order valence-corrected chi connectivity index (χ0v) is 11.9. The van der Waals surface area contributed by atoms with Crippen molar-refractivity contribution < 1.29 is 0 Å². The largest absolute Gasteiger partial charge is 0.317 e. The second-order valence-corrected chi connectivity index (χ2v) is 4.79. The van der Waals surface area contributed by atoms with Gasteiger partial charge in [-0.15, -0.1) is 0 Å². The number of hydrogen-bond acceptors (Lipinski definition) is 3. The molecule has 0 atom stereocenters. The molecule has 18 heavy (non-hydrogen) atoms. The van der Waals surface area contributed by atoms with E-state index in [4.69, 9.17) is 0 Å². The number of likely N-dealkylation sites (N-methyl/N-ethyl adjacent to an activating group) is 1. The third kappa shape index (κ3) is 7.41. The summed E-state index contributed by atoms with van der Waals surface area (Å²) in [4.78, 5) is 6.75. The quantitative estimate of drug-likeness (QED) is 0.645. The Morgan fingerprint density at radius 1 is 1.17 bits per heavy atom. The second kappa shape index (κ2) is 10.0. The molecule has 102 valence electrons. The predicted octanol–water partition coefficient (Wildman–Crippen LogP) is 2.34. The molecular formula is C15H27N3. The SMILES string of the molecule is CCNCCCCCN(C)CCc1ccccn1. The average molecular weight is 249 g/mol. The van der Waals surface area contributed by atoms with Gasteiger partial charge in [0.05, 0.1) is 0 Å². The molecule has 1 aromatic heterocycles. The molecule has 1 N–H and O–H groups in total. The lowest BCUT2D eigenvalue weighted by molar-refractivity contribution is 0.327. The van der Waals surface area contributed by atoms with E-state index in [0.29, 0.717) is 0 Å². The molecule has 0 amide bonds. The van der Waals surface area contributed by atoms with Crippen LogP contribution >= 0.6 is 0 Å². The van der Waals surface area contributed by atoms with Gasteiger partial charge in [-0.1, -0.05) is 19.4 Å². The lowest BCUT2D eigenvalue weighted by Gasteiger charge is -2.16. The molecule has 0 saturated heterocycles. The highest BCUT2D eigenvalue weighted by Crippen LogP contribution is 1.99. The van der Waals surface area contributed by atoms with Crippen molar-refractivity contribution in [1.82, 2.24) is 15.2 Å². The average Bonchev–Trinajstić information content (AvgIpc) is 2.41. The van der Waals surface area contributed by atoms with Crippen molar-refractivity contribution in [2.45, 2.75) is 32.6 Å². The number of hydrogen-bond donors (Lipinski definition) is 1. The Hall–Kier alpha value is -0.930. The van der Waals surface area contributed by atoms with E-state index in [1.165, 1.54) is 31.5 Å². The van der Waals surface area contributed by atoms with E-state index in [1.54, 1.807) is 0 Å². The van der Waals surface area contributed by atoms with E-state index in [9.17, 15) is 0 Å². The Balaban J connectivity index is 1.99. The van der Waals surface area contributed by atoms with E-state index < -0.39 is 0 Å². The van der Waals surface area contributed by atoms with Crippen LogP contribution in [-0.2, 0) is 6.42 Å². The number of nitrogens with zero attached hydrogens (tertiary/aromatic N) is 2. The highest BCUT2D eigenvalue weighted by atomic mass is 15.1. The highest BCUT2D eigenvalue weighted by Gasteiger charge is 1.99. The molecule has 1 rings (SSSR count). The Bertz CT molecular complexity index is 287. The summed E-state index contributed by atoms with van der Waals surface area (Å²) in [7, 11) is 2.20. The van der Waals surface area contributed by atoms with Crippen LogP contribution in [0, 0.1) is 0 Å². The number of unbranched alkanes of at least 4 members (excludes halogenated alkanes) is 2. The number of nitrogens with one attached hydrogen (secondary N) is 1. The molecule has 3 heteroatoms. The van der Waals surface area contributed by atoms with Crippen molar-refractivity contribution in [2.24, 2.45) is 0 Å². The van der Waals surface area contributed by atoms with Crippen LogP contribution in [0.4, 0.5) is 0 Å². The molecule has 0 saturated carbocycles. The molecule has 0 bridgehead atoms. The second-order valence-electron chi connectivity index (χ2n) is 4.79. The maximum Gasteiger partial charge on any atom is 0.0416 e. The Labute approximate surface area is 112 Å². The summed E-state index contributed by atoms with van der Waals surface area (Å²) in [6, 6.07) is 6.13. The third-order valence-corrected chi connectivity index (χ3v) is 3.12. The first-order valence-electron chi connectivity index (χ1n) is 7.12. The van der Waals surface area contributed by atoms with Gasteiger partial charge in [0.1, 0.15) is 0 Å². The van der Waals surface area contributed by atoms with Crippen LogP contribution in [0.2, 0.25) is 0 Å². The van der Waals surface area contributed by atoms with Gasteiger partial charge in [-0.2, -0.15) is 0 Å². The summed E-state index contributed by atoms with van der Waals surface area (Å²) in [5.41, 5.74) is 1.19. The molecule has 1 heterocycles. The maximum absolute atomic E-state index is 4.35. The zero-order valence-electron chi connectivity index (χ0n) is 11.9. The Morgan fingerprint density at radius 2 is 2.06 bits per heavy atom. The van der Waals surface area contributed by atoms with E-state index in [2.05, 4.69) is 41.3 Å². The molecule has 0 aromatic carbocycles. The minimum Gasteiger partial charge on any atom is -0.317 e. The van der Waals surface area contributed by atoms with Crippen molar-refractivity contribution in [3.05, 3.63) is 30.1 Å². The van der Waals surface area contributed by atoms with Crippen LogP contribution in [0.3, 0.4) is 0 Å². The van der Waals surface area contributed by atoms with Crippen LogP contribution < -0.4 is 5.32 Å². The molecule has 0 aliphatic rings. The molecule has 0 fully saturated rings. The molecule has 1 aromatic rings. The van der Waals surface area contributed by atoms with Crippen LogP contribution in [-0.4, -0.2) is 43.1 Å². The normalized spacial score (nSPS) is 11.1. The summed E-state index contributed by atoms with van der Waals surface area (Å²) in [6.45, 7) is 6.70. The maximum atomic E-state index is 4.35. The van der Waals surface area contributed by atoms with Crippen molar-refractivity contribution >= 4 is 0 Å². The summed E-state index contributed by atoms with van der Waals surface area (Å²) in [5, 5.41) is 3.36. The fourth-order valence-corrected chi connectivity index (χ4v) is 1.95. The zero-order chi connectivity index (χ0) is 13.1. The van der Waals surface area contributed by atoms with Crippen molar-refractivity contribution in [2.75, 3.05) is 33.2 Å². The Morgan fingerprint density at radius 3 is 2.78 bits per heavy atom. The molecule has 0 aliphatic heterocycles. The minimum atomic E-state index is 1.05. The fraction of sp³-hybridized carbons (Fsp3) is 0.667. The molecular weight excluding hydrogens is 222 g/mol. The minimum absolute atomic E-state index is 1.05. The van der Waals surface area contributed by atoms with E-state index in [0.717, 1.165) is 26.1 Å². The van der Waals surface area contributed by atoms with Gasteiger partial charge >= 0.3 is 0 Å². The van der Waals surface area contributed by atoms with Gasteiger partial charge in [-0.25, -0.2) is 0 Å². The van der Waals surface area contributed by atoms with Gasteiger partial charge in [0, 0.05) is 24.9 Å². The van der Waals surface area contributed by atoms with E-state index >= 15 is 0 Å². The van der Waals surface area contributed by atoms with Gasteiger partial charge in [0.25, 0.3) is 0 Å². The fourth-order valence-electron chi connectivity index (χ4n) is 1.95. The standard InChI is InChI=1S/C15H27N3/c1-3-16-11-6-4-8-13-18(2)14-10-15-9-5-7-12-17-15/h5,7,9,12,16H,3-4,6,8,10-11,13-14H2,1-2H3. The van der Waals surface area contributed by atoms with Gasteiger partial charge < -0.3 is 10.2 Å². The van der Waals surface area contributed by atoms with Gasteiger partial charge in [0.2, 0.25) is 0 Å². The van der Waals surface area contributed by atoms with Crippen LogP contribution in [0.15, 0.2) is 24.4 Å². The first-order valence-corrected chi connectivity index (χ1v) is 7.12. The van der Waals surface area contributed by atoms with Crippen molar-refractivity contribution in [3.63, 3.8) is 0 Å². The van der Waals surface area contributed by atoms with Crippen LogP contribution in [0.1, 0.15) is 31.9 Å². The monoisotopic (exact) mass is 249 g/mol. The number of aromatic nitrogens is 1. The van der Waals surface area contributed by atoms with E-state index in [1.807, 2.05) is 12.3 Å². The summed E-state index contributed by atoms with van der Waals surface area (Å²) < 4.78 is 0. The molecule has 0 spiro atoms. The smallest absolute Gasteiger partial charge is 0.0416 e. The lowest BCUT2D eigenvalue weighted by Crippen LogP contribution is -2.23. The third-order valence-electron chi connectivity index (χ3n) is 3.12. The van der Waals surface area contributed by atoms with Gasteiger partial charge in [0.15, 0.2) is 0 Å². The number of rotatable bonds is 10. The lowest BCUT2D eigenvalue weighted by atomic mass is 10.2. The Kier molecular flexibility index (Phi) is 8.43. The van der Waals surface area contributed by atoms with Crippen molar-refractivity contribution in [1.29, 1.82) is 0 Å². The number of pyridine rings is 1. The summed E-state index contributed by atoms with van der Waals surface area (Å²) in [6.07, 6.45) is 6.83. The first-order chi connectivity index (χ1) is 8.83. The van der Waals surface area contributed by atoms with Crippen LogP contribution in [0.5, 0.6) is 0 Å². The molecule has 0 aliphatic carbocycles. The summed E-state index contributed by atoms with van der Waals surface area (Å²) in [5.74, 6) is 0. The van der Waals surface area contributed by atoms with Gasteiger partial charge in [-0.05, 0) is 51.7 Å². The van der Waals surface area contributed by atoms with E-state index in [-0.39, 0.29) is 0 Å². The topological polar surface area (TPSA) is 28.2 Å². The van der Waals surface area contributed by atoms with Crippen molar-refractivity contribution in [3.8, 4) is 0 Å².